The van der Waals surface area contributed by atoms with E-state index >= 15 is 0 Å². The molecule has 100 valence electrons. The van der Waals surface area contributed by atoms with Gasteiger partial charge in [0.25, 0.3) is 0 Å². The van der Waals surface area contributed by atoms with Crippen molar-refractivity contribution in [3.05, 3.63) is 5.89 Å². The van der Waals surface area contributed by atoms with Crippen molar-refractivity contribution >= 4 is 11.9 Å². The van der Waals surface area contributed by atoms with Gasteiger partial charge in [-0.1, -0.05) is 5.10 Å². The number of rotatable bonds is 5. The third-order valence-corrected chi connectivity index (χ3v) is 2.90. The second kappa shape index (κ2) is 5.81. The van der Waals surface area contributed by atoms with Gasteiger partial charge in [0, 0.05) is 26.1 Å². The van der Waals surface area contributed by atoms with Gasteiger partial charge >= 0.3 is 6.01 Å². The van der Waals surface area contributed by atoms with Gasteiger partial charge in [-0.15, -0.1) is 5.10 Å². The normalized spacial score (nSPS) is 16.9. The first kappa shape index (κ1) is 12.8. The van der Waals surface area contributed by atoms with Crippen LogP contribution < -0.4 is 11.1 Å². The number of anilines is 1. The van der Waals surface area contributed by atoms with Crippen LogP contribution in [0, 0.1) is 0 Å². The van der Waals surface area contributed by atoms with Gasteiger partial charge in [0.1, 0.15) is 0 Å². The van der Waals surface area contributed by atoms with Crippen molar-refractivity contribution < 1.29 is 9.21 Å². The van der Waals surface area contributed by atoms with Crippen LogP contribution in [-0.4, -0.2) is 40.6 Å². The van der Waals surface area contributed by atoms with E-state index in [4.69, 9.17) is 10.2 Å². The minimum absolute atomic E-state index is 0.173. The zero-order valence-electron chi connectivity index (χ0n) is 10.6. The Kier molecular flexibility index (Phi) is 4.14. The molecule has 2 rings (SSSR count). The minimum atomic E-state index is -0.278. The Morgan fingerprint density at radius 1 is 1.50 bits per heavy atom. The van der Waals surface area contributed by atoms with Gasteiger partial charge in [0.05, 0.1) is 6.04 Å². The molecule has 18 heavy (non-hydrogen) atoms. The summed E-state index contributed by atoms with van der Waals surface area (Å²) in [6, 6.07) is 0.0378. The molecule has 1 fully saturated rings. The maximum atomic E-state index is 11.7. The van der Waals surface area contributed by atoms with Crippen LogP contribution in [0.1, 0.15) is 38.1 Å². The number of carbonyl (C=O) groups excluding carboxylic acids is 1. The number of amides is 1. The molecule has 7 heteroatoms. The highest BCUT2D eigenvalue weighted by Gasteiger charge is 2.17. The van der Waals surface area contributed by atoms with Crippen LogP contribution in [0.15, 0.2) is 4.42 Å². The maximum Gasteiger partial charge on any atom is 0.315 e. The molecule has 2 heterocycles. The summed E-state index contributed by atoms with van der Waals surface area (Å²) in [5, 5.41) is 10.5. The van der Waals surface area contributed by atoms with Crippen molar-refractivity contribution in [3.63, 3.8) is 0 Å². The molecule has 1 unspecified atom stereocenters. The molecule has 0 aromatic carbocycles. The van der Waals surface area contributed by atoms with Crippen LogP contribution in [0.4, 0.5) is 6.01 Å². The molecule has 1 aliphatic rings. The van der Waals surface area contributed by atoms with Crippen LogP contribution in [0.5, 0.6) is 0 Å². The van der Waals surface area contributed by atoms with Crippen LogP contribution in [-0.2, 0) is 4.79 Å². The zero-order chi connectivity index (χ0) is 13.0. The molecule has 1 amide bonds. The molecule has 0 aliphatic carbocycles. The number of hydrogen-bond donors (Lipinski definition) is 2. The molecule has 1 saturated heterocycles. The molecule has 1 aliphatic heterocycles. The van der Waals surface area contributed by atoms with Crippen molar-refractivity contribution in [1.82, 2.24) is 15.1 Å². The van der Waals surface area contributed by atoms with Crippen molar-refractivity contribution in [2.75, 3.05) is 25.0 Å². The standard InChI is InChI=1S/C11H19N5O2/c1-8(12)10-14-15-11(18-10)13-5-4-9(17)16-6-2-3-7-16/h8H,2-7,12H2,1H3,(H,13,15). The van der Waals surface area contributed by atoms with Gasteiger partial charge in [0.15, 0.2) is 0 Å². The molecule has 1 aromatic heterocycles. The van der Waals surface area contributed by atoms with E-state index in [1.54, 1.807) is 6.92 Å². The molecule has 7 nitrogen and oxygen atoms in total. The number of aromatic nitrogens is 2. The van der Waals surface area contributed by atoms with E-state index in [-0.39, 0.29) is 11.9 Å². The van der Waals surface area contributed by atoms with E-state index in [2.05, 4.69) is 15.5 Å². The second-order valence-electron chi connectivity index (χ2n) is 4.50. The molecule has 0 saturated carbocycles. The third kappa shape index (κ3) is 3.19. The number of carbonyl (C=O) groups is 1. The molecular weight excluding hydrogens is 234 g/mol. The van der Waals surface area contributed by atoms with Gasteiger partial charge < -0.3 is 20.4 Å². The third-order valence-electron chi connectivity index (χ3n) is 2.90. The van der Waals surface area contributed by atoms with Crippen molar-refractivity contribution in [1.29, 1.82) is 0 Å². The highest BCUT2D eigenvalue weighted by molar-refractivity contribution is 5.76. The fraction of sp³-hybridized carbons (Fsp3) is 0.727. The molecule has 3 N–H and O–H groups in total. The van der Waals surface area contributed by atoms with Crippen molar-refractivity contribution in [3.8, 4) is 0 Å². The summed E-state index contributed by atoms with van der Waals surface area (Å²) in [5.41, 5.74) is 5.60. The smallest absolute Gasteiger partial charge is 0.315 e. The van der Waals surface area contributed by atoms with Crippen LogP contribution in [0.25, 0.3) is 0 Å². The summed E-state index contributed by atoms with van der Waals surface area (Å²) in [6.07, 6.45) is 2.66. The molecule has 1 aromatic rings. The lowest BCUT2D eigenvalue weighted by Crippen LogP contribution is -2.29. The Bertz CT molecular complexity index is 398. The average Bonchev–Trinajstić information content (AvgIpc) is 3.00. The van der Waals surface area contributed by atoms with Crippen LogP contribution in [0.2, 0.25) is 0 Å². The Hall–Kier alpha value is -1.63. The predicted molar refractivity (Wildman–Crippen MR) is 65.8 cm³/mol. The number of hydrogen-bond acceptors (Lipinski definition) is 6. The van der Waals surface area contributed by atoms with E-state index < -0.39 is 0 Å². The predicted octanol–water partition coefficient (Wildman–Crippen LogP) is 0.514. The second-order valence-corrected chi connectivity index (χ2v) is 4.50. The summed E-state index contributed by atoms with van der Waals surface area (Å²) in [4.78, 5) is 13.6. The fourth-order valence-corrected chi connectivity index (χ4v) is 1.89. The van der Waals surface area contributed by atoms with Gasteiger partial charge in [0.2, 0.25) is 11.8 Å². The largest absolute Gasteiger partial charge is 0.406 e. The highest BCUT2D eigenvalue weighted by Crippen LogP contribution is 2.12. The lowest BCUT2D eigenvalue weighted by atomic mass is 10.3. The summed E-state index contributed by atoms with van der Waals surface area (Å²) < 4.78 is 5.27. The Labute approximate surface area is 106 Å². The van der Waals surface area contributed by atoms with E-state index in [0.29, 0.717) is 24.9 Å². The highest BCUT2D eigenvalue weighted by atomic mass is 16.4. The van der Waals surface area contributed by atoms with Gasteiger partial charge in [-0.2, -0.15) is 0 Å². The summed E-state index contributed by atoms with van der Waals surface area (Å²) in [5.74, 6) is 0.565. The van der Waals surface area contributed by atoms with E-state index in [1.165, 1.54) is 0 Å². The minimum Gasteiger partial charge on any atom is -0.406 e. The number of nitrogens with one attached hydrogen (secondary N) is 1. The van der Waals surface area contributed by atoms with E-state index in [9.17, 15) is 4.79 Å². The molecule has 0 spiro atoms. The molecular formula is C11H19N5O2. The summed E-state index contributed by atoms with van der Waals surface area (Å²) in [6.45, 7) is 4.03. The Morgan fingerprint density at radius 2 is 2.22 bits per heavy atom. The molecule has 1 atom stereocenters. The zero-order valence-corrected chi connectivity index (χ0v) is 10.6. The summed E-state index contributed by atoms with van der Waals surface area (Å²) in [7, 11) is 0. The SMILES string of the molecule is CC(N)c1nnc(NCCC(=O)N2CCCC2)o1. The van der Waals surface area contributed by atoms with E-state index in [1.807, 2.05) is 4.90 Å². The first-order chi connectivity index (χ1) is 8.66. The van der Waals surface area contributed by atoms with E-state index in [0.717, 1.165) is 25.9 Å². The lowest BCUT2D eigenvalue weighted by molar-refractivity contribution is -0.129. The van der Waals surface area contributed by atoms with Crippen molar-refractivity contribution in [2.24, 2.45) is 5.73 Å². The Balaban J connectivity index is 1.72. The first-order valence-electron chi connectivity index (χ1n) is 6.27. The number of nitrogens with zero attached hydrogens (tertiary/aromatic N) is 3. The van der Waals surface area contributed by atoms with Crippen LogP contribution in [0.3, 0.4) is 0 Å². The number of nitrogens with two attached hydrogens (primary N) is 1. The maximum absolute atomic E-state index is 11.7. The first-order valence-corrected chi connectivity index (χ1v) is 6.27. The van der Waals surface area contributed by atoms with Crippen molar-refractivity contribution in [2.45, 2.75) is 32.2 Å². The topological polar surface area (TPSA) is 97.3 Å². The number of likely N-dealkylation sites (tertiary alicyclic amines) is 1. The lowest BCUT2D eigenvalue weighted by Gasteiger charge is -2.14. The van der Waals surface area contributed by atoms with Gasteiger partial charge in [-0.25, -0.2) is 0 Å². The average molecular weight is 253 g/mol. The quantitative estimate of drug-likeness (QED) is 0.793. The Morgan fingerprint density at radius 3 is 2.83 bits per heavy atom. The fourth-order valence-electron chi connectivity index (χ4n) is 1.89. The molecule has 0 bridgehead atoms. The van der Waals surface area contributed by atoms with Gasteiger partial charge in [-0.05, 0) is 19.8 Å². The van der Waals surface area contributed by atoms with Crippen LogP contribution >= 0.6 is 0 Å². The van der Waals surface area contributed by atoms with Gasteiger partial charge in [-0.3, -0.25) is 4.79 Å². The summed E-state index contributed by atoms with van der Waals surface area (Å²) >= 11 is 0. The molecule has 0 radical (unpaired) electrons. The monoisotopic (exact) mass is 253 g/mol.